The molecule has 5 nitrogen and oxygen atoms in total. The first-order valence-electron chi connectivity index (χ1n) is 6.38. The smallest absolute Gasteiger partial charge is 0.240 e. The summed E-state index contributed by atoms with van der Waals surface area (Å²) >= 11 is 1.72. The van der Waals surface area contributed by atoms with Crippen LogP contribution in [-0.2, 0) is 16.6 Å². The minimum absolute atomic E-state index is 0.0935. The van der Waals surface area contributed by atoms with Gasteiger partial charge < -0.3 is 10.5 Å². The van der Waals surface area contributed by atoms with E-state index < -0.39 is 10.0 Å². The highest BCUT2D eigenvalue weighted by molar-refractivity contribution is 8.00. The predicted octanol–water partition coefficient (Wildman–Crippen LogP) is 1.33. The Morgan fingerprint density at radius 2 is 2.15 bits per heavy atom. The van der Waals surface area contributed by atoms with E-state index in [-0.39, 0.29) is 16.2 Å². The molecule has 0 atom stereocenters. The molecule has 0 aromatic heterocycles. The summed E-state index contributed by atoms with van der Waals surface area (Å²) in [5.41, 5.74) is 6.30. The van der Waals surface area contributed by atoms with E-state index in [0.29, 0.717) is 17.9 Å². The van der Waals surface area contributed by atoms with Crippen molar-refractivity contribution in [2.45, 2.75) is 29.0 Å². The van der Waals surface area contributed by atoms with Gasteiger partial charge in [-0.1, -0.05) is 0 Å². The fourth-order valence-corrected chi connectivity index (χ4v) is 3.98. The Morgan fingerprint density at radius 1 is 1.45 bits per heavy atom. The number of nitrogens with two attached hydrogens (primary N) is 1. The van der Waals surface area contributed by atoms with Crippen LogP contribution in [-0.4, -0.2) is 33.1 Å². The Hall–Kier alpha value is -0.760. The zero-order valence-electron chi connectivity index (χ0n) is 11.7. The number of ether oxygens (including phenoxy) is 1. The normalized spacial score (nSPS) is 16.9. The molecule has 0 saturated heterocycles. The molecule has 1 aliphatic carbocycles. The number of sulfonamides is 1. The molecule has 112 valence electrons. The van der Waals surface area contributed by atoms with Gasteiger partial charge in [0.25, 0.3) is 0 Å². The van der Waals surface area contributed by atoms with Crippen LogP contribution in [0.1, 0.15) is 18.4 Å². The molecule has 0 bridgehead atoms. The van der Waals surface area contributed by atoms with E-state index in [1.165, 1.54) is 7.11 Å². The summed E-state index contributed by atoms with van der Waals surface area (Å²) in [4.78, 5) is 0.232. The highest BCUT2D eigenvalue weighted by Gasteiger charge is 2.42. The van der Waals surface area contributed by atoms with Crippen LogP contribution in [0.3, 0.4) is 0 Å². The van der Waals surface area contributed by atoms with E-state index in [4.69, 9.17) is 10.5 Å². The first-order valence-corrected chi connectivity index (χ1v) is 9.09. The molecular formula is C13H20N2O3S2. The third-order valence-corrected chi connectivity index (χ3v) is 6.42. The molecule has 0 amide bonds. The minimum atomic E-state index is -3.50. The summed E-state index contributed by atoms with van der Waals surface area (Å²) in [6.07, 6.45) is 4.14. The fraction of sp³-hybridized carbons (Fsp3) is 0.538. The lowest BCUT2D eigenvalue weighted by Gasteiger charge is -2.14. The van der Waals surface area contributed by atoms with E-state index >= 15 is 0 Å². The summed E-state index contributed by atoms with van der Waals surface area (Å²) in [5, 5.41) is 0. The number of methoxy groups -OCH3 is 1. The van der Waals surface area contributed by atoms with Crippen LogP contribution in [0.5, 0.6) is 5.75 Å². The van der Waals surface area contributed by atoms with Gasteiger partial charge in [-0.15, -0.1) is 0 Å². The molecule has 0 heterocycles. The molecule has 0 unspecified atom stereocenters. The van der Waals surface area contributed by atoms with Crippen LogP contribution >= 0.6 is 11.8 Å². The van der Waals surface area contributed by atoms with E-state index in [2.05, 4.69) is 4.72 Å². The summed E-state index contributed by atoms with van der Waals surface area (Å²) in [6.45, 7) is 0.710. The zero-order valence-corrected chi connectivity index (χ0v) is 13.3. The summed E-state index contributed by atoms with van der Waals surface area (Å²) < 4.78 is 32.5. The third kappa shape index (κ3) is 3.28. The van der Waals surface area contributed by atoms with E-state index in [1.54, 1.807) is 30.0 Å². The van der Waals surface area contributed by atoms with Gasteiger partial charge in [-0.05, 0) is 37.3 Å². The van der Waals surface area contributed by atoms with Gasteiger partial charge in [-0.25, -0.2) is 13.1 Å². The second-order valence-corrected chi connectivity index (χ2v) is 7.93. The number of hydrogen-bond donors (Lipinski definition) is 2. The van der Waals surface area contributed by atoms with Gasteiger partial charge in [0, 0.05) is 23.4 Å². The molecule has 1 fully saturated rings. The molecule has 1 aliphatic rings. The predicted molar refractivity (Wildman–Crippen MR) is 81.6 cm³/mol. The standard InChI is InChI=1S/C13H20N2O3S2/c1-18-12-4-3-11(7-10(12)8-14)20(16,17)15-9-13(19-2)5-6-13/h3-4,7,15H,5-6,8-9,14H2,1-2H3. The molecule has 1 aromatic rings. The maximum Gasteiger partial charge on any atom is 0.240 e. The van der Waals surface area contributed by atoms with Crippen molar-refractivity contribution in [3.63, 3.8) is 0 Å². The van der Waals surface area contributed by atoms with E-state index in [1.807, 2.05) is 6.26 Å². The Kier molecular flexibility index (Phi) is 4.63. The van der Waals surface area contributed by atoms with Crippen molar-refractivity contribution < 1.29 is 13.2 Å². The van der Waals surface area contributed by atoms with Crippen molar-refractivity contribution in [3.8, 4) is 5.75 Å². The molecule has 3 N–H and O–H groups in total. The number of nitrogens with one attached hydrogen (secondary N) is 1. The lowest BCUT2D eigenvalue weighted by atomic mass is 10.2. The Balaban J connectivity index is 2.16. The van der Waals surface area contributed by atoms with Crippen LogP contribution in [0.15, 0.2) is 23.1 Å². The second-order valence-electron chi connectivity index (χ2n) is 4.89. The van der Waals surface area contributed by atoms with Gasteiger partial charge in [0.1, 0.15) is 5.75 Å². The van der Waals surface area contributed by atoms with Crippen LogP contribution in [0, 0.1) is 0 Å². The van der Waals surface area contributed by atoms with E-state index in [9.17, 15) is 8.42 Å². The quantitative estimate of drug-likeness (QED) is 0.793. The summed E-state index contributed by atoms with van der Waals surface area (Å²) in [5.74, 6) is 0.606. The van der Waals surface area contributed by atoms with Crippen LogP contribution < -0.4 is 15.2 Å². The molecule has 0 spiro atoms. The van der Waals surface area contributed by atoms with Gasteiger partial charge in [0.05, 0.1) is 12.0 Å². The van der Waals surface area contributed by atoms with Crippen molar-refractivity contribution in [3.05, 3.63) is 23.8 Å². The van der Waals surface area contributed by atoms with E-state index in [0.717, 1.165) is 12.8 Å². The Morgan fingerprint density at radius 3 is 2.65 bits per heavy atom. The van der Waals surface area contributed by atoms with Gasteiger partial charge in [0.15, 0.2) is 0 Å². The summed E-state index contributed by atoms with van der Waals surface area (Å²) in [7, 11) is -1.96. The Bertz CT molecular complexity index is 583. The number of benzene rings is 1. The zero-order chi connectivity index (χ0) is 14.8. The SMILES string of the molecule is COc1ccc(S(=O)(=O)NCC2(SC)CC2)cc1CN. The summed E-state index contributed by atoms with van der Waals surface area (Å²) in [6, 6.07) is 4.75. The molecule has 2 rings (SSSR count). The molecule has 0 radical (unpaired) electrons. The van der Waals surface area contributed by atoms with Gasteiger partial charge in [-0.2, -0.15) is 11.8 Å². The maximum absolute atomic E-state index is 12.3. The maximum atomic E-state index is 12.3. The Labute approximate surface area is 124 Å². The first-order chi connectivity index (χ1) is 9.46. The topological polar surface area (TPSA) is 81.4 Å². The monoisotopic (exact) mass is 316 g/mol. The largest absolute Gasteiger partial charge is 0.496 e. The number of hydrogen-bond acceptors (Lipinski definition) is 5. The number of thioether (sulfide) groups is 1. The molecule has 1 saturated carbocycles. The van der Waals surface area contributed by atoms with Gasteiger partial charge in [-0.3, -0.25) is 0 Å². The minimum Gasteiger partial charge on any atom is -0.496 e. The average Bonchev–Trinajstić information content (AvgIpc) is 3.25. The van der Waals surface area contributed by atoms with Crippen molar-refractivity contribution in [2.75, 3.05) is 19.9 Å². The first kappa shape index (κ1) is 15.6. The number of rotatable bonds is 7. The van der Waals surface area contributed by atoms with Crippen molar-refractivity contribution in [1.82, 2.24) is 4.72 Å². The van der Waals surface area contributed by atoms with Crippen LogP contribution in [0.25, 0.3) is 0 Å². The molecule has 1 aromatic carbocycles. The lowest BCUT2D eigenvalue weighted by Crippen LogP contribution is -2.31. The highest BCUT2D eigenvalue weighted by Crippen LogP contribution is 2.46. The third-order valence-electron chi connectivity index (χ3n) is 3.61. The van der Waals surface area contributed by atoms with Crippen molar-refractivity contribution in [1.29, 1.82) is 0 Å². The van der Waals surface area contributed by atoms with Gasteiger partial charge >= 0.3 is 0 Å². The molecule has 0 aliphatic heterocycles. The van der Waals surface area contributed by atoms with Crippen LogP contribution in [0.2, 0.25) is 0 Å². The molecule has 20 heavy (non-hydrogen) atoms. The highest BCUT2D eigenvalue weighted by atomic mass is 32.2. The average molecular weight is 316 g/mol. The van der Waals surface area contributed by atoms with Crippen molar-refractivity contribution in [2.24, 2.45) is 5.73 Å². The second kappa shape index (κ2) is 5.93. The molecule has 7 heteroatoms. The van der Waals surface area contributed by atoms with Gasteiger partial charge in [0.2, 0.25) is 10.0 Å². The van der Waals surface area contributed by atoms with Crippen molar-refractivity contribution >= 4 is 21.8 Å². The van der Waals surface area contributed by atoms with Crippen LogP contribution in [0.4, 0.5) is 0 Å². The fourth-order valence-electron chi connectivity index (χ4n) is 1.98. The lowest BCUT2D eigenvalue weighted by molar-refractivity contribution is 0.409. The molecular weight excluding hydrogens is 296 g/mol.